The zero-order valence-corrected chi connectivity index (χ0v) is 17.1. The van der Waals surface area contributed by atoms with E-state index >= 15 is 0 Å². The van der Waals surface area contributed by atoms with Gasteiger partial charge in [0.1, 0.15) is 16.9 Å². The summed E-state index contributed by atoms with van der Waals surface area (Å²) in [6.45, 7) is 7.41. The van der Waals surface area contributed by atoms with Gasteiger partial charge < -0.3 is 14.4 Å². The number of nitrogens with zero attached hydrogens (tertiary/aromatic N) is 3. The Kier molecular flexibility index (Phi) is 6.20. The van der Waals surface area contributed by atoms with E-state index in [1.54, 1.807) is 29.3 Å². The summed E-state index contributed by atoms with van der Waals surface area (Å²) in [5.41, 5.74) is -0.178. The number of likely N-dealkylation sites (tertiary alicyclic amines) is 1. The molecule has 3 rings (SSSR count). The highest BCUT2D eigenvalue weighted by Crippen LogP contribution is 2.30. The normalized spacial score (nSPS) is 15.3. The summed E-state index contributed by atoms with van der Waals surface area (Å²) in [5.74, 6) is 0.925. The van der Waals surface area contributed by atoms with Crippen LogP contribution in [0.25, 0.3) is 10.9 Å². The number of carbonyl (C=O) groups is 1. The van der Waals surface area contributed by atoms with E-state index in [0.717, 1.165) is 19.3 Å². The third-order valence-corrected chi connectivity index (χ3v) is 4.92. The van der Waals surface area contributed by atoms with Gasteiger partial charge in [-0.25, -0.2) is 9.78 Å². The Morgan fingerprint density at radius 2 is 2.03 bits per heavy atom. The van der Waals surface area contributed by atoms with Crippen molar-refractivity contribution in [2.24, 2.45) is 5.92 Å². The number of piperidine rings is 1. The summed E-state index contributed by atoms with van der Waals surface area (Å²) < 4.78 is 11.2. The largest absolute Gasteiger partial charge is 0.493 e. The van der Waals surface area contributed by atoms with Crippen LogP contribution in [0.4, 0.5) is 10.5 Å². The number of nitro benzene ring substituents is 1. The van der Waals surface area contributed by atoms with Crippen molar-refractivity contribution in [2.45, 2.75) is 45.6 Å². The van der Waals surface area contributed by atoms with Gasteiger partial charge in [0.2, 0.25) is 0 Å². The standard InChI is InChI=1S/C21H27N3O5/c1-21(2,3)29-20(25)23-10-6-15(7-11-23)8-12-28-17-13-16-5-4-9-22-19(16)18(14-17)24(26)27/h4-5,9,13-15H,6-8,10-12H2,1-3H3. The van der Waals surface area contributed by atoms with Crippen LogP contribution in [0.1, 0.15) is 40.0 Å². The number of aromatic nitrogens is 1. The Morgan fingerprint density at radius 1 is 1.31 bits per heavy atom. The van der Waals surface area contributed by atoms with Gasteiger partial charge in [0.05, 0.1) is 17.6 Å². The van der Waals surface area contributed by atoms with Gasteiger partial charge in [0, 0.05) is 24.7 Å². The molecule has 29 heavy (non-hydrogen) atoms. The predicted molar refractivity (Wildman–Crippen MR) is 109 cm³/mol. The topological polar surface area (TPSA) is 94.8 Å². The molecule has 1 saturated heterocycles. The second-order valence-electron chi connectivity index (χ2n) is 8.32. The number of fused-ring (bicyclic) bond motifs is 1. The predicted octanol–water partition coefficient (Wildman–Crippen LogP) is 4.56. The van der Waals surface area contributed by atoms with Gasteiger partial charge in [-0.2, -0.15) is 0 Å². The van der Waals surface area contributed by atoms with Gasteiger partial charge in [-0.1, -0.05) is 6.07 Å². The highest BCUT2D eigenvalue weighted by atomic mass is 16.6. The van der Waals surface area contributed by atoms with Gasteiger partial charge in [-0.15, -0.1) is 0 Å². The third kappa shape index (κ3) is 5.56. The minimum Gasteiger partial charge on any atom is -0.493 e. The fourth-order valence-electron chi connectivity index (χ4n) is 3.44. The van der Waals surface area contributed by atoms with Gasteiger partial charge >= 0.3 is 6.09 Å². The Labute approximate surface area is 170 Å². The zero-order valence-electron chi connectivity index (χ0n) is 17.1. The highest BCUT2D eigenvalue weighted by molar-refractivity contribution is 5.88. The number of benzene rings is 1. The smallest absolute Gasteiger partial charge is 0.410 e. The first-order valence-corrected chi connectivity index (χ1v) is 9.87. The third-order valence-electron chi connectivity index (χ3n) is 4.92. The summed E-state index contributed by atoms with van der Waals surface area (Å²) in [5, 5.41) is 12.0. The maximum Gasteiger partial charge on any atom is 0.410 e. The molecule has 0 unspecified atom stereocenters. The molecule has 1 aromatic heterocycles. The minimum atomic E-state index is -0.486. The molecule has 1 aliphatic rings. The van der Waals surface area contributed by atoms with Gasteiger partial charge in [0.15, 0.2) is 0 Å². The lowest BCUT2D eigenvalue weighted by Gasteiger charge is -2.33. The van der Waals surface area contributed by atoms with Crippen LogP contribution in [-0.4, -0.2) is 46.2 Å². The number of hydrogen-bond donors (Lipinski definition) is 0. The first kappa shape index (κ1) is 20.8. The number of rotatable bonds is 5. The number of pyridine rings is 1. The summed E-state index contributed by atoms with van der Waals surface area (Å²) in [6.07, 6.45) is 3.90. The summed E-state index contributed by atoms with van der Waals surface area (Å²) in [7, 11) is 0. The molecule has 0 saturated carbocycles. The lowest BCUT2D eigenvalue weighted by Crippen LogP contribution is -2.41. The van der Waals surface area contributed by atoms with Crippen molar-refractivity contribution in [3.63, 3.8) is 0 Å². The maximum absolute atomic E-state index is 12.1. The lowest BCUT2D eigenvalue weighted by molar-refractivity contribution is -0.383. The molecule has 2 heterocycles. The molecule has 8 nitrogen and oxygen atoms in total. The molecule has 1 aliphatic heterocycles. The van der Waals surface area contributed by atoms with Crippen LogP contribution >= 0.6 is 0 Å². The Balaban J connectivity index is 1.51. The highest BCUT2D eigenvalue weighted by Gasteiger charge is 2.26. The molecule has 0 spiro atoms. The Morgan fingerprint density at radius 3 is 2.69 bits per heavy atom. The molecule has 0 aliphatic carbocycles. The number of hydrogen-bond acceptors (Lipinski definition) is 6. The van der Waals surface area contributed by atoms with E-state index in [4.69, 9.17) is 9.47 Å². The fourth-order valence-corrected chi connectivity index (χ4v) is 3.44. The quantitative estimate of drug-likeness (QED) is 0.538. The molecule has 0 N–H and O–H groups in total. The van der Waals surface area contributed by atoms with E-state index in [9.17, 15) is 14.9 Å². The molecule has 156 valence electrons. The van der Waals surface area contributed by atoms with Crippen LogP contribution in [0.2, 0.25) is 0 Å². The summed E-state index contributed by atoms with van der Waals surface area (Å²) >= 11 is 0. The maximum atomic E-state index is 12.1. The first-order valence-electron chi connectivity index (χ1n) is 9.87. The van der Waals surface area contributed by atoms with E-state index in [1.165, 1.54) is 6.07 Å². The molecule has 1 fully saturated rings. The van der Waals surface area contributed by atoms with Crippen molar-refractivity contribution in [1.29, 1.82) is 0 Å². The van der Waals surface area contributed by atoms with Gasteiger partial charge in [-0.05, 0) is 58.1 Å². The Hall–Kier alpha value is -2.90. The van der Waals surface area contributed by atoms with E-state index in [0.29, 0.717) is 42.3 Å². The SMILES string of the molecule is CC(C)(C)OC(=O)N1CCC(CCOc2cc([N+](=O)[O-])c3ncccc3c2)CC1. The number of non-ortho nitro benzene ring substituents is 1. The zero-order chi connectivity index (χ0) is 21.0. The van der Waals surface area contributed by atoms with Gasteiger partial charge in [0.25, 0.3) is 5.69 Å². The van der Waals surface area contributed by atoms with Crippen molar-refractivity contribution in [3.8, 4) is 5.75 Å². The first-order chi connectivity index (χ1) is 13.7. The summed E-state index contributed by atoms with van der Waals surface area (Å²) in [6, 6.07) is 6.74. The second kappa shape index (κ2) is 8.63. The van der Waals surface area contributed by atoms with Crippen LogP contribution in [-0.2, 0) is 4.74 Å². The number of carbonyl (C=O) groups excluding carboxylic acids is 1. The van der Waals surface area contributed by atoms with E-state index in [2.05, 4.69) is 4.98 Å². The van der Waals surface area contributed by atoms with Gasteiger partial charge in [-0.3, -0.25) is 10.1 Å². The molecule has 1 amide bonds. The Bertz CT molecular complexity index is 886. The monoisotopic (exact) mass is 401 g/mol. The molecular formula is C21H27N3O5. The van der Waals surface area contributed by atoms with Crippen molar-refractivity contribution < 1.29 is 19.2 Å². The molecule has 0 atom stereocenters. The van der Waals surface area contributed by atoms with E-state index < -0.39 is 10.5 Å². The summed E-state index contributed by atoms with van der Waals surface area (Å²) in [4.78, 5) is 28.9. The van der Waals surface area contributed by atoms with Crippen molar-refractivity contribution in [2.75, 3.05) is 19.7 Å². The van der Waals surface area contributed by atoms with Crippen LogP contribution in [0.3, 0.4) is 0 Å². The fraction of sp³-hybridized carbons (Fsp3) is 0.524. The number of amides is 1. The van der Waals surface area contributed by atoms with Crippen LogP contribution < -0.4 is 4.74 Å². The molecule has 8 heteroatoms. The average molecular weight is 401 g/mol. The van der Waals surface area contributed by atoms with E-state index in [-0.39, 0.29) is 11.8 Å². The lowest BCUT2D eigenvalue weighted by atomic mass is 9.94. The second-order valence-corrected chi connectivity index (χ2v) is 8.32. The molecule has 1 aromatic carbocycles. The van der Waals surface area contributed by atoms with Crippen molar-refractivity contribution in [3.05, 3.63) is 40.6 Å². The average Bonchev–Trinajstić information content (AvgIpc) is 2.66. The minimum absolute atomic E-state index is 0.0521. The van der Waals surface area contributed by atoms with Crippen molar-refractivity contribution >= 4 is 22.7 Å². The van der Waals surface area contributed by atoms with Crippen LogP contribution in [0.15, 0.2) is 30.5 Å². The van der Waals surface area contributed by atoms with Crippen LogP contribution in [0.5, 0.6) is 5.75 Å². The van der Waals surface area contributed by atoms with Crippen molar-refractivity contribution in [1.82, 2.24) is 9.88 Å². The molecule has 2 aromatic rings. The number of nitro groups is 1. The molecule has 0 radical (unpaired) electrons. The number of ether oxygens (including phenoxy) is 2. The van der Waals surface area contributed by atoms with E-state index in [1.807, 2.05) is 20.8 Å². The molecule has 0 bridgehead atoms. The molecular weight excluding hydrogens is 374 g/mol. The van der Waals surface area contributed by atoms with Crippen LogP contribution in [0, 0.1) is 16.0 Å².